The lowest BCUT2D eigenvalue weighted by Gasteiger charge is -2.27. The number of carbonyl (C=O) groups is 1. The van der Waals surface area contributed by atoms with E-state index >= 15 is 0 Å². The van der Waals surface area contributed by atoms with Crippen LogP contribution in [-0.2, 0) is 15.3 Å². The van der Waals surface area contributed by atoms with Crippen molar-refractivity contribution in [2.75, 3.05) is 24.1 Å². The Balaban J connectivity index is 1.84. The maximum Gasteiger partial charge on any atom is 0.258 e. The van der Waals surface area contributed by atoms with Crippen LogP contribution in [0.5, 0.6) is 5.75 Å². The van der Waals surface area contributed by atoms with E-state index in [2.05, 4.69) is 10.3 Å². The number of sulfone groups is 1. The van der Waals surface area contributed by atoms with Crippen LogP contribution in [-0.4, -0.2) is 38.1 Å². The minimum Gasteiger partial charge on any atom is -0.489 e. The fraction of sp³-hybridized carbons (Fsp3) is 0.304. The molecule has 1 heterocycles. The molecule has 2 aromatic carbocycles. The molecule has 0 atom stereocenters. The molecule has 0 radical (unpaired) electrons. The maximum absolute atomic E-state index is 12.7. The number of hydrogen-bond donors (Lipinski definition) is 1. The van der Waals surface area contributed by atoms with Crippen molar-refractivity contribution in [1.29, 1.82) is 0 Å². The predicted octanol–water partition coefficient (Wildman–Crippen LogP) is 5.89. The summed E-state index contributed by atoms with van der Waals surface area (Å²) >= 11 is 18.5. The Bertz CT molecular complexity index is 1300. The van der Waals surface area contributed by atoms with Gasteiger partial charge >= 0.3 is 0 Å². The average Bonchev–Trinajstić information content (AvgIpc) is 3.13. The average molecular weight is 546 g/mol. The first kappa shape index (κ1) is 26.3. The maximum atomic E-state index is 12.7. The van der Waals surface area contributed by atoms with Crippen LogP contribution < -0.4 is 10.1 Å². The number of carbonyl (C=O) groups excluding carboxylic acids is 1. The van der Waals surface area contributed by atoms with Crippen LogP contribution in [0, 0.1) is 6.92 Å². The van der Waals surface area contributed by atoms with Crippen molar-refractivity contribution in [3.05, 3.63) is 69.0 Å². The molecule has 0 fully saturated rings. The van der Waals surface area contributed by atoms with Gasteiger partial charge < -0.3 is 9.15 Å². The van der Waals surface area contributed by atoms with Crippen molar-refractivity contribution in [3.63, 3.8) is 0 Å². The number of nitrogens with one attached hydrogen (secondary N) is 1. The highest BCUT2D eigenvalue weighted by atomic mass is 35.5. The number of aryl methyl sites for hydroxylation is 1. The Labute approximate surface area is 213 Å². The summed E-state index contributed by atoms with van der Waals surface area (Å²) in [5.41, 5.74) is 1.57. The van der Waals surface area contributed by atoms with Crippen LogP contribution in [0.2, 0.25) is 10.0 Å². The van der Waals surface area contributed by atoms with E-state index in [0.717, 1.165) is 17.4 Å². The first-order chi connectivity index (χ1) is 15.8. The zero-order chi connectivity index (χ0) is 25.3. The van der Waals surface area contributed by atoms with Crippen molar-refractivity contribution in [1.82, 2.24) is 4.98 Å². The summed E-state index contributed by atoms with van der Waals surface area (Å²) in [5, 5.41) is 2.91. The highest BCUT2D eigenvalue weighted by Crippen LogP contribution is 2.40. The Hall–Kier alpha value is -2.26. The third-order valence-corrected chi connectivity index (χ3v) is 6.89. The van der Waals surface area contributed by atoms with Crippen molar-refractivity contribution >= 4 is 56.4 Å². The number of aromatic nitrogens is 1. The number of benzene rings is 2. The third kappa shape index (κ3) is 5.68. The van der Waals surface area contributed by atoms with Crippen LogP contribution in [0.25, 0.3) is 0 Å². The lowest BCUT2D eigenvalue weighted by Crippen LogP contribution is -2.20. The van der Waals surface area contributed by atoms with Gasteiger partial charge in [0.2, 0.25) is 10.9 Å². The smallest absolute Gasteiger partial charge is 0.258 e. The zero-order valence-electron chi connectivity index (χ0n) is 18.9. The SMILES string of the molecule is Cc1nc(S(C)(=O)=O)c(NC(=O)c2ccc(C(C)(C)c3cc(Cl)c(OCCCl)c(Cl)c3)cc2)o1. The molecular weight excluding hydrogens is 523 g/mol. The number of anilines is 1. The molecule has 0 saturated carbocycles. The summed E-state index contributed by atoms with van der Waals surface area (Å²) in [6.45, 7) is 5.78. The summed E-state index contributed by atoms with van der Waals surface area (Å²) in [6, 6.07) is 10.5. The number of hydrogen-bond acceptors (Lipinski definition) is 6. The zero-order valence-corrected chi connectivity index (χ0v) is 22.0. The molecule has 3 rings (SSSR count). The van der Waals surface area contributed by atoms with Gasteiger partial charge in [-0.1, -0.05) is 49.2 Å². The minimum absolute atomic E-state index is 0.129. The standard InChI is InChI=1S/C23H23Cl3N2O5S/c1-13-27-22(34(4,30)31)21(33-13)28-20(29)14-5-7-15(8-6-14)23(2,3)16-11-17(25)19(18(26)12-16)32-10-9-24/h5-8,11-12H,9-10H2,1-4H3,(H,28,29). The van der Waals surface area contributed by atoms with E-state index in [1.165, 1.54) is 6.92 Å². The van der Waals surface area contributed by atoms with Gasteiger partial charge in [0.25, 0.3) is 5.91 Å². The van der Waals surface area contributed by atoms with Crippen LogP contribution >= 0.6 is 34.8 Å². The second-order valence-corrected chi connectivity index (χ2v) is 11.2. The van der Waals surface area contributed by atoms with Crippen LogP contribution in [0.4, 0.5) is 5.88 Å². The third-order valence-electron chi connectivity index (χ3n) is 5.19. The molecule has 7 nitrogen and oxygen atoms in total. The largest absolute Gasteiger partial charge is 0.489 e. The van der Waals surface area contributed by atoms with E-state index in [9.17, 15) is 13.2 Å². The molecule has 0 saturated heterocycles. The molecule has 0 bridgehead atoms. The molecule has 1 amide bonds. The molecule has 1 aromatic heterocycles. The monoisotopic (exact) mass is 544 g/mol. The van der Waals surface area contributed by atoms with Gasteiger partial charge in [-0.15, -0.1) is 11.6 Å². The summed E-state index contributed by atoms with van der Waals surface area (Å²) in [6.07, 6.45) is 0.992. The van der Waals surface area contributed by atoms with Crippen molar-refractivity contribution in [2.24, 2.45) is 0 Å². The lowest BCUT2D eigenvalue weighted by molar-refractivity contribution is 0.102. The Morgan fingerprint density at radius 3 is 2.24 bits per heavy atom. The summed E-state index contributed by atoms with van der Waals surface area (Å²) in [4.78, 5) is 16.5. The number of amides is 1. The Morgan fingerprint density at radius 2 is 1.71 bits per heavy atom. The van der Waals surface area contributed by atoms with Crippen LogP contribution in [0.15, 0.2) is 45.8 Å². The molecule has 11 heteroatoms. The van der Waals surface area contributed by atoms with Gasteiger partial charge in [0.1, 0.15) is 6.61 Å². The molecule has 0 unspecified atom stereocenters. The molecule has 1 N–H and O–H groups in total. The van der Waals surface area contributed by atoms with Crippen molar-refractivity contribution < 1.29 is 22.4 Å². The van der Waals surface area contributed by atoms with E-state index in [-0.39, 0.29) is 23.4 Å². The number of halogens is 3. The van der Waals surface area contributed by atoms with E-state index in [1.807, 2.05) is 13.8 Å². The Kier molecular flexibility index (Phi) is 7.87. The molecule has 182 valence electrons. The lowest BCUT2D eigenvalue weighted by atomic mass is 9.78. The van der Waals surface area contributed by atoms with Crippen LogP contribution in [0.1, 0.15) is 41.2 Å². The summed E-state index contributed by atoms with van der Waals surface area (Å²) in [7, 11) is -3.67. The van der Waals surface area contributed by atoms with Crippen molar-refractivity contribution in [3.8, 4) is 5.75 Å². The van der Waals surface area contributed by atoms with Gasteiger partial charge in [0.05, 0.1) is 15.9 Å². The first-order valence-electron chi connectivity index (χ1n) is 10.1. The second kappa shape index (κ2) is 10.2. The van der Waals surface area contributed by atoms with Crippen molar-refractivity contribution in [2.45, 2.75) is 31.2 Å². The van der Waals surface area contributed by atoms with Gasteiger partial charge in [-0.3, -0.25) is 10.1 Å². The molecule has 0 aliphatic rings. The number of ether oxygens (including phenoxy) is 1. The van der Waals surface area contributed by atoms with Crippen LogP contribution in [0.3, 0.4) is 0 Å². The normalized spacial score (nSPS) is 12.0. The predicted molar refractivity (Wildman–Crippen MR) is 134 cm³/mol. The van der Waals surface area contributed by atoms with E-state index in [1.54, 1.807) is 36.4 Å². The van der Waals surface area contributed by atoms with Gasteiger partial charge in [-0.25, -0.2) is 8.42 Å². The molecular formula is C23H23Cl3N2O5S. The van der Waals surface area contributed by atoms with E-state index in [0.29, 0.717) is 27.2 Å². The summed E-state index contributed by atoms with van der Waals surface area (Å²) in [5.74, 6) is 0.0779. The van der Waals surface area contributed by atoms with E-state index < -0.39 is 21.2 Å². The fourth-order valence-corrected chi connectivity index (χ4v) is 4.71. The van der Waals surface area contributed by atoms with Gasteiger partial charge in [-0.2, -0.15) is 4.98 Å². The molecule has 0 aliphatic heterocycles. The summed E-state index contributed by atoms with van der Waals surface area (Å²) < 4.78 is 34.6. The second-order valence-electron chi connectivity index (χ2n) is 8.10. The van der Waals surface area contributed by atoms with Gasteiger partial charge in [-0.05, 0) is 35.4 Å². The fourth-order valence-electron chi connectivity index (χ4n) is 3.32. The highest BCUT2D eigenvalue weighted by Gasteiger charge is 2.27. The molecule has 0 spiro atoms. The Morgan fingerprint density at radius 1 is 1.12 bits per heavy atom. The highest BCUT2D eigenvalue weighted by molar-refractivity contribution is 7.90. The topological polar surface area (TPSA) is 98.5 Å². The first-order valence-corrected chi connectivity index (χ1v) is 13.3. The van der Waals surface area contributed by atoms with E-state index in [4.69, 9.17) is 44.0 Å². The number of rotatable bonds is 8. The number of alkyl halides is 1. The quantitative estimate of drug-likeness (QED) is 0.354. The molecule has 3 aromatic rings. The van der Waals surface area contributed by atoms with Gasteiger partial charge in [0.15, 0.2) is 21.5 Å². The molecule has 34 heavy (non-hydrogen) atoms. The number of nitrogens with zero attached hydrogens (tertiary/aromatic N) is 1. The molecule has 0 aliphatic carbocycles. The minimum atomic E-state index is -3.67. The number of oxazole rings is 1. The van der Waals surface area contributed by atoms with Gasteiger partial charge in [0, 0.05) is 24.2 Å².